The topological polar surface area (TPSA) is 106 Å². The van der Waals surface area contributed by atoms with Crippen molar-refractivity contribution in [2.75, 3.05) is 45.8 Å². The minimum Gasteiger partial charge on any atom is -0.468 e. The summed E-state index contributed by atoms with van der Waals surface area (Å²) in [6.07, 6.45) is 1.60. The number of methoxy groups -OCH3 is 2. The van der Waals surface area contributed by atoms with Crippen LogP contribution in [-0.4, -0.2) is 58.2 Å². The number of benzene rings is 1. The van der Waals surface area contributed by atoms with Crippen LogP contribution in [0.3, 0.4) is 0 Å². The zero-order valence-corrected chi connectivity index (χ0v) is 15.8. The summed E-state index contributed by atoms with van der Waals surface area (Å²) < 4.78 is 9.76. The molecule has 2 amide bonds. The summed E-state index contributed by atoms with van der Waals surface area (Å²) in [4.78, 5) is 35.6. The van der Waals surface area contributed by atoms with Gasteiger partial charge in [-0.1, -0.05) is 12.1 Å². The molecule has 0 bridgehead atoms. The van der Waals surface area contributed by atoms with E-state index in [4.69, 9.17) is 4.74 Å². The highest BCUT2D eigenvalue weighted by atomic mass is 16.5. The average Bonchev–Trinajstić information content (AvgIpc) is 2.68. The van der Waals surface area contributed by atoms with Crippen LogP contribution >= 0.6 is 0 Å². The van der Waals surface area contributed by atoms with Gasteiger partial charge in [0.15, 0.2) is 0 Å². The molecule has 0 radical (unpaired) electrons. The van der Waals surface area contributed by atoms with Gasteiger partial charge in [0.2, 0.25) is 11.8 Å². The van der Waals surface area contributed by atoms with Crippen molar-refractivity contribution in [3.63, 3.8) is 0 Å². The van der Waals surface area contributed by atoms with Gasteiger partial charge in [-0.3, -0.25) is 14.4 Å². The van der Waals surface area contributed by atoms with E-state index >= 15 is 0 Å². The summed E-state index contributed by atoms with van der Waals surface area (Å²) in [5.41, 5.74) is 0.934. The molecule has 0 saturated carbocycles. The predicted molar refractivity (Wildman–Crippen MR) is 100 cm³/mol. The summed E-state index contributed by atoms with van der Waals surface area (Å²) in [6, 6.07) is 7.09. The molecule has 1 heterocycles. The van der Waals surface area contributed by atoms with E-state index in [1.165, 1.54) is 7.11 Å². The second-order valence-electron chi connectivity index (χ2n) is 6.64. The Kier molecular flexibility index (Phi) is 7.75. The first-order chi connectivity index (χ1) is 13.0. The standard InChI is InChI=1S/C19H27N3O5/c1-26-13-19(7-9-20-10-8-19)18(25)22-15-5-3-14(4-6-15)11-16(23)21-12-17(24)27-2/h3-6,20H,7-13H2,1-2H3,(H,21,23)(H,22,25). The van der Waals surface area contributed by atoms with Crippen molar-refractivity contribution in [2.24, 2.45) is 5.41 Å². The number of rotatable bonds is 8. The quantitative estimate of drug-likeness (QED) is 0.569. The molecule has 2 rings (SSSR count). The van der Waals surface area contributed by atoms with Gasteiger partial charge < -0.3 is 25.4 Å². The van der Waals surface area contributed by atoms with Crippen molar-refractivity contribution in [1.82, 2.24) is 10.6 Å². The molecule has 0 spiro atoms. The van der Waals surface area contributed by atoms with Crippen LogP contribution in [0.25, 0.3) is 0 Å². The van der Waals surface area contributed by atoms with E-state index in [-0.39, 0.29) is 24.8 Å². The Balaban J connectivity index is 1.91. The Morgan fingerprint density at radius 1 is 1.11 bits per heavy atom. The fourth-order valence-electron chi connectivity index (χ4n) is 3.08. The lowest BCUT2D eigenvalue weighted by atomic mass is 9.78. The van der Waals surface area contributed by atoms with Crippen LogP contribution in [0.4, 0.5) is 5.69 Å². The van der Waals surface area contributed by atoms with E-state index in [2.05, 4.69) is 20.7 Å². The Hall–Kier alpha value is -2.45. The molecule has 8 nitrogen and oxygen atoms in total. The number of hydrogen-bond donors (Lipinski definition) is 3. The van der Waals surface area contributed by atoms with E-state index in [1.807, 2.05) is 0 Å². The first kappa shape index (κ1) is 20.9. The van der Waals surface area contributed by atoms with Gasteiger partial charge in [0.1, 0.15) is 6.54 Å². The largest absolute Gasteiger partial charge is 0.468 e. The molecule has 1 aliphatic rings. The first-order valence-electron chi connectivity index (χ1n) is 8.93. The lowest BCUT2D eigenvalue weighted by molar-refractivity contribution is -0.141. The molecule has 0 atom stereocenters. The van der Waals surface area contributed by atoms with Crippen molar-refractivity contribution in [3.8, 4) is 0 Å². The van der Waals surface area contributed by atoms with Gasteiger partial charge in [0, 0.05) is 12.8 Å². The number of amides is 2. The molecule has 8 heteroatoms. The zero-order chi connectivity index (χ0) is 19.7. The highest BCUT2D eigenvalue weighted by Gasteiger charge is 2.39. The third-order valence-electron chi connectivity index (χ3n) is 4.70. The Morgan fingerprint density at radius 2 is 1.78 bits per heavy atom. The summed E-state index contributed by atoms with van der Waals surface area (Å²) in [7, 11) is 2.87. The van der Waals surface area contributed by atoms with Crippen LogP contribution in [0.5, 0.6) is 0 Å². The summed E-state index contributed by atoms with van der Waals surface area (Å²) in [5.74, 6) is -0.815. The molecule has 3 N–H and O–H groups in total. The Morgan fingerprint density at radius 3 is 2.37 bits per heavy atom. The molecule has 1 saturated heterocycles. The highest BCUT2D eigenvalue weighted by Crippen LogP contribution is 2.30. The van der Waals surface area contributed by atoms with Gasteiger partial charge in [0.05, 0.1) is 25.6 Å². The zero-order valence-electron chi connectivity index (χ0n) is 15.8. The minimum absolute atomic E-state index is 0.0468. The molecule has 27 heavy (non-hydrogen) atoms. The smallest absolute Gasteiger partial charge is 0.325 e. The van der Waals surface area contributed by atoms with Crippen LogP contribution < -0.4 is 16.0 Å². The Labute approximate surface area is 159 Å². The van der Waals surface area contributed by atoms with E-state index in [1.54, 1.807) is 31.4 Å². The molecule has 1 fully saturated rings. The number of carbonyl (C=O) groups is 3. The van der Waals surface area contributed by atoms with Gasteiger partial charge in [-0.25, -0.2) is 0 Å². The number of piperidine rings is 1. The lowest BCUT2D eigenvalue weighted by Gasteiger charge is -2.35. The second-order valence-corrected chi connectivity index (χ2v) is 6.64. The van der Waals surface area contributed by atoms with Crippen molar-refractivity contribution < 1.29 is 23.9 Å². The second kappa shape index (κ2) is 10.0. The van der Waals surface area contributed by atoms with Gasteiger partial charge in [0.25, 0.3) is 0 Å². The monoisotopic (exact) mass is 377 g/mol. The number of anilines is 1. The number of ether oxygens (including phenoxy) is 2. The van der Waals surface area contributed by atoms with Crippen LogP contribution in [-0.2, 0) is 30.3 Å². The van der Waals surface area contributed by atoms with E-state index in [0.29, 0.717) is 12.3 Å². The number of hydrogen-bond acceptors (Lipinski definition) is 6. The summed E-state index contributed by atoms with van der Waals surface area (Å²) in [6.45, 7) is 1.81. The van der Waals surface area contributed by atoms with E-state index in [9.17, 15) is 14.4 Å². The number of esters is 1. The first-order valence-corrected chi connectivity index (χ1v) is 8.93. The Bertz CT molecular complexity index is 648. The molecule has 1 aliphatic heterocycles. The molecular formula is C19H27N3O5. The van der Waals surface area contributed by atoms with Crippen molar-refractivity contribution in [1.29, 1.82) is 0 Å². The minimum atomic E-state index is -0.521. The van der Waals surface area contributed by atoms with Crippen molar-refractivity contribution in [2.45, 2.75) is 19.3 Å². The van der Waals surface area contributed by atoms with Crippen molar-refractivity contribution >= 4 is 23.5 Å². The third kappa shape index (κ3) is 6.04. The summed E-state index contributed by atoms with van der Waals surface area (Å²) in [5, 5.41) is 8.71. The molecule has 0 unspecified atom stereocenters. The van der Waals surface area contributed by atoms with Gasteiger partial charge in [-0.2, -0.15) is 0 Å². The van der Waals surface area contributed by atoms with E-state index in [0.717, 1.165) is 31.5 Å². The molecule has 0 aromatic heterocycles. The van der Waals surface area contributed by atoms with Gasteiger partial charge in [-0.15, -0.1) is 0 Å². The van der Waals surface area contributed by atoms with Crippen LogP contribution in [0.1, 0.15) is 18.4 Å². The molecule has 1 aromatic rings. The van der Waals surface area contributed by atoms with Crippen LogP contribution in [0.2, 0.25) is 0 Å². The number of carbonyl (C=O) groups excluding carboxylic acids is 3. The van der Waals surface area contributed by atoms with Gasteiger partial charge >= 0.3 is 5.97 Å². The molecule has 0 aliphatic carbocycles. The maximum absolute atomic E-state index is 12.8. The number of nitrogens with one attached hydrogen (secondary N) is 3. The maximum atomic E-state index is 12.8. The summed E-state index contributed by atoms with van der Waals surface area (Å²) >= 11 is 0. The highest BCUT2D eigenvalue weighted by molar-refractivity contribution is 5.95. The van der Waals surface area contributed by atoms with Crippen LogP contribution in [0, 0.1) is 5.41 Å². The third-order valence-corrected chi connectivity index (χ3v) is 4.70. The van der Waals surface area contributed by atoms with Crippen LogP contribution in [0.15, 0.2) is 24.3 Å². The molecule has 1 aromatic carbocycles. The van der Waals surface area contributed by atoms with Gasteiger partial charge in [-0.05, 0) is 43.6 Å². The average molecular weight is 377 g/mol. The van der Waals surface area contributed by atoms with E-state index < -0.39 is 11.4 Å². The molecule has 148 valence electrons. The van der Waals surface area contributed by atoms with Crippen molar-refractivity contribution in [3.05, 3.63) is 29.8 Å². The maximum Gasteiger partial charge on any atom is 0.325 e. The SMILES string of the molecule is COCC1(C(=O)Nc2ccc(CC(=O)NCC(=O)OC)cc2)CCNCC1. The lowest BCUT2D eigenvalue weighted by Crippen LogP contribution is -2.47. The molecular weight excluding hydrogens is 350 g/mol. The predicted octanol–water partition coefficient (Wildman–Crippen LogP) is 0.473. The fourth-order valence-corrected chi connectivity index (χ4v) is 3.08. The normalized spacial score (nSPS) is 15.6. The fraction of sp³-hybridized carbons (Fsp3) is 0.526.